The third-order valence-corrected chi connectivity index (χ3v) is 5.18. The number of benzene rings is 2. The molecule has 0 unspecified atom stereocenters. The van der Waals surface area contributed by atoms with Gasteiger partial charge in [-0.25, -0.2) is 9.59 Å². The number of amides is 3. The zero-order valence-electron chi connectivity index (χ0n) is 16.5. The van der Waals surface area contributed by atoms with Gasteiger partial charge in [0.25, 0.3) is 5.91 Å². The number of nitrogens with zero attached hydrogens (tertiary/aromatic N) is 1. The molecule has 1 aliphatic rings. The lowest BCUT2D eigenvalue weighted by Gasteiger charge is -2.14. The molecular formula is C21H18Cl2N2O6. The predicted octanol–water partition coefficient (Wildman–Crippen LogP) is 3.95. The van der Waals surface area contributed by atoms with Crippen LogP contribution < -0.4 is 14.8 Å². The van der Waals surface area contributed by atoms with Crippen molar-refractivity contribution in [3.05, 3.63) is 63.3 Å². The molecule has 0 spiro atoms. The summed E-state index contributed by atoms with van der Waals surface area (Å²) >= 11 is 11.9. The molecule has 1 aliphatic heterocycles. The molecule has 0 radical (unpaired) electrons. The molecule has 2 aromatic rings. The number of urea groups is 1. The average molecular weight is 465 g/mol. The topological polar surface area (TPSA) is 105 Å². The zero-order valence-corrected chi connectivity index (χ0v) is 18.0. The number of methoxy groups -OCH3 is 1. The second kappa shape index (κ2) is 9.28. The van der Waals surface area contributed by atoms with E-state index in [2.05, 4.69) is 5.32 Å². The molecule has 10 heteroatoms. The quantitative estimate of drug-likeness (QED) is 0.474. The van der Waals surface area contributed by atoms with Crippen LogP contribution in [0.5, 0.6) is 11.5 Å². The van der Waals surface area contributed by atoms with Gasteiger partial charge in [0.1, 0.15) is 5.70 Å². The minimum atomic E-state index is -1.12. The van der Waals surface area contributed by atoms with Crippen LogP contribution in [-0.4, -0.2) is 41.1 Å². The summed E-state index contributed by atoms with van der Waals surface area (Å²) < 4.78 is 10.6. The number of halogens is 2. The number of hydrogen-bond donors (Lipinski definition) is 2. The first-order valence-electron chi connectivity index (χ1n) is 9.05. The minimum absolute atomic E-state index is 0.0298. The van der Waals surface area contributed by atoms with E-state index in [1.54, 1.807) is 30.3 Å². The fourth-order valence-electron chi connectivity index (χ4n) is 2.81. The maximum Gasteiger partial charge on any atom is 0.344 e. The number of carbonyl (C=O) groups is 3. The summed E-state index contributed by atoms with van der Waals surface area (Å²) in [5.74, 6) is -1.10. The first-order chi connectivity index (χ1) is 14.7. The number of hydrogen-bond acceptors (Lipinski definition) is 5. The van der Waals surface area contributed by atoms with Gasteiger partial charge in [-0.05, 0) is 48.4 Å². The first kappa shape index (κ1) is 22.5. The van der Waals surface area contributed by atoms with Gasteiger partial charge in [0.05, 0.1) is 23.7 Å². The Hall–Kier alpha value is -3.23. The molecule has 0 aliphatic carbocycles. The maximum atomic E-state index is 12.7. The van der Waals surface area contributed by atoms with Crippen LogP contribution in [0.2, 0.25) is 10.0 Å². The van der Waals surface area contributed by atoms with Gasteiger partial charge in [-0.1, -0.05) is 35.3 Å². The normalized spacial score (nSPS) is 15.7. The summed E-state index contributed by atoms with van der Waals surface area (Å²) in [6.07, 6.45) is 0.422. The molecule has 8 nitrogen and oxygen atoms in total. The van der Waals surface area contributed by atoms with Gasteiger partial charge in [-0.2, -0.15) is 0 Å². The van der Waals surface area contributed by atoms with Crippen LogP contribution in [0.25, 0.3) is 6.08 Å². The number of carbonyl (C=O) groups excluding carboxylic acids is 2. The Bertz CT molecular complexity index is 1090. The van der Waals surface area contributed by atoms with Crippen LogP contribution in [0, 0.1) is 0 Å². The van der Waals surface area contributed by atoms with Crippen LogP contribution >= 0.6 is 23.2 Å². The van der Waals surface area contributed by atoms with Crippen molar-refractivity contribution in [3.63, 3.8) is 0 Å². The van der Waals surface area contributed by atoms with Crippen LogP contribution in [0.1, 0.15) is 18.1 Å². The van der Waals surface area contributed by atoms with E-state index < -0.39 is 24.0 Å². The smallest absolute Gasteiger partial charge is 0.344 e. The van der Waals surface area contributed by atoms with Gasteiger partial charge in [0, 0.05) is 0 Å². The lowest BCUT2D eigenvalue weighted by atomic mass is 10.1. The largest absolute Gasteiger partial charge is 0.493 e. The van der Waals surface area contributed by atoms with Gasteiger partial charge >= 0.3 is 12.0 Å². The Morgan fingerprint density at radius 3 is 2.55 bits per heavy atom. The molecule has 162 valence electrons. The molecule has 3 amide bonds. The van der Waals surface area contributed by atoms with E-state index in [4.69, 9.17) is 37.8 Å². The van der Waals surface area contributed by atoms with E-state index >= 15 is 0 Å². The Labute approximate surface area is 187 Å². The second-order valence-corrected chi connectivity index (χ2v) is 7.45. The van der Waals surface area contributed by atoms with Crippen LogP contribution in [-0.2, 0) is 16.1 Å². The summed E-state index contributed by atoms with van der Waals surface area (Å²) in [6, 6.07) is 9.00. The summed E-state index contributed by atoms with van der Waals surface area (Å²) in [5, 5.41) is 12.2. The lowest BCUT2D eigenvalue weighted by Crippen LogP contribution is -2.30. The Kier molecular flexibility index (Phi) is 6.72. The second-order valence-electron chi connectivity index (χ2n) is 6.64. The molecule has 1 saturated heterocycles. The summed E-state index contributed by atoms with van der Waals surface area (Å²) in [6.45, 7) is 1.43. The van der Waals surface area contributed by atoms with Crippen LogP contribution in [0.15, 0.2) is 42.1 Å². The number of nitrogens with one attached hydrogen (secondary N) is 1. The highest BCUT2D eigenvalue weighted by Crippen LogP contribution is 2.30. The predicted molar refractivity (Wildman–Crippen MR) is 114 cm³/mol. The van der Waals surface area contributed by atoms with Crippen molar-refractivity contribution in [1.82, 2.24) is 10.2 Å². The lowest BCUT2D eigenvalue weighted by molar-refractivity contribution is -0.144. The van der Waals surface area contributed by atoms with Crippen molar-refractivity contribution < 1.29 is 29.0 Å². The van der Waals surface area contributed by atoms with Crippen molar-refractivity contribution in [3.8, 4) is 11.5 Å². The maximum absolute atomic E-state index is 12.7. The zero-order chi connectivity index (χ0) is 22.7. The monoisotopic (exact) mass is 464 g/mol. The standard InChI is InChI=1S/C21H18Cl2N2O6/c1-11(20(27)28)31-17-6-4-12(9-18(17)30-2)8-16-19(26)25(21(29)24-16)10-13-3-5-14(22)15(23)7-13/h3-9,11H,10H2,1-2H3,(H,24,29)(H,27,28)/b16-8+/t11-/m0/s1. The van der Waals surface area contributed by atoms with Gasteiger partial charge in [0.15, 0.2) is 17.6 Å². The van der Waals surface area contributed by atoms with E-state index in [1.165, 1.54) is 26.2 Å². The molecule has 2 aromatic carbocycles. The highest BCUT2D eigenvalue weighted by molar-refractivity contribution is 6.42. The Morgan fingerprint density at radius 1 is 1.16 bits per heavy atom. The van der Waals surface area contributed by atoms with Gasteiger partial charge < -0.3 is 19.9 Å². The van der Waals surface area contributed by atoms with Crippen LogP contribution in [0.3, 0.4) is 0 Å². The highest BCUT2D eigenvalue weighted by Gasteiger charge is 2.33. The van der Waals surface area contributed by atoms with E-state index in [9.17, 15) is 14.4 Å². The molecule has 2 N–H and O–H groups in total. The molecular weight excluding hydrogens is 447 g/mol. The number of carboxylic acids is 1. The summed E-state index contributed by atoms with van der Waals surface area (Å²) in [5.41, 5.74) is 1.28. The fraction of sp³-hybridized carbons (Fsp3) is 0.190. The van der Waals surface area contributed by atoms with Crippen molar-refractivity contribution >= 4 is 47.2 Å². The summed E-state index contributed by atoms with van der Waals surface area (Å²) in [7, 11) is 1.41. The molecule has 0 bridgehead atoms. The van der Waals surface area contributed by atoms with Gasteiger partial charge in [0.2, 0.25) is 0 Å². The van der Waals surface area contributed by atoms with E-state index in [-0.39, 0.29) is 23.7 Å². The number of imide groups is 1. The fourth-order valence-corrected chi connectivity index (χ4v) is 3.14. The summed E-state index contributed by atoms with van der Waals surface area (Å²) in [4.78, 5) is 37.1. The number of carboxylic acid groups (broad SMARTS) is 1. The van der Waals surface area contributed by atoms with E-state index in [0.29, 0.717) is 21.2 Å². The molecule has 0 saturated carbocycles. The minimum Gasteiger partial charge on any atom is -0.493 e. The van der Waals surface area contributed by atoms with Crippen molar-refractivity contribution in [2.24, 2.45) is 0 Å². The third kappa shape index (κ3) is 5.10. The molecule has 1 heterocycles. The molecule has 0 aromatic heterocycles. The molecule has 31 heavy (non-hydrogen) atoms. The van der Waals surface area contributed by atoms with Gasteiger partial charge in [-0.15, -0.1) is 0 Å². The molecule has 1 fully saturated rings. The number of aliphatic carboxylic acids is 1. The third-order valence-electron chi connectivity index (χ3n) is 4.44. The number of rotatable bonds is 7. The SMILES string of the molecule is COc1cc(/C=C2/NC(=O)N(Cc3ccc(Cl)c(Cl)c3)C2=O)ccc1O[C@@H](C)C(=O)O. The number of ether oxygens (including phenoxy) is 2. The Morgan fingerprint density at radius 2 is 1.90 bits per heavy atom. The highest BCUT2D eigenvalue weighted by atomic mass is 35.5. The molecule has 3 rings (SSSR count). The van der Waals surface area contributed by atoms with Crippen molar-refractivity contribution in [2.75, 3.05) is 7.11 Å². The van der Waals surface area contributed by atoms with Gasteiger partial charge in [-0.3, -0.25) is 9.69 Å². The van der Waals surface area contributed by atoms with Crippen LogP contribution in [0.4, 0.5) is 4.79 Å². The first-order valence-corrected chi connectivity index (χ1v) is 9.81. The average Bonchev–Trinajstić information content (AvgIpc) is 2.98. The molecule has 1 atom stereocenters. The Balaban J connectivity index is 1.80. The van der Waals surface area contributed by atoms with E-state index in [1.807, 2.05) is 0 Å². The van der Waals surface area contributed by atoms with Crippen molar-refractivity contribution in [1.29, 1.82) is 0 Å². The van der Waals surface area contributed by atoms with Crippen molar-refractivity contribution in [2.45, 2.75) is 19.6 Å². The van der Waals surface area contributed by atoms with E-state index in [0.717, 1.165) is 4.90 Å².